The summed E-state index contributed by atoms with van der Waals surface area (Å²) in [5.74, 6) is 2.30. The summed E-state index contributed by atoms with van der Waals surface area (Å²) in [7, 11) is 0. The van der Waals surface area contributed by atoms with Gasteiger partial charge < -0.3 is 4.74 Å². The van der Waals surface area contributed by atoms with Crippen molar-refractivity contribution < 1.29 is 4.74 Å². The molecule has 0 atom stereocenters. The summed E-state index contributed by atoms with van der Waals surface area (Å²) in [4.78, 5) is 0. The second kappa shape index (κ2) is 7.56. The van der Waals surface area contributed by atoms with Gasteiger partial charge in [-0.25, -0.2) is 0 Å². The van der Waals surface area contributed by atoms with E-state index in [4.69, 9.17) is 16.3 Å². The molecule has 0 radical (unpaired) electrons. The van der Waals surface area contributed by atoms with Gasteiger partial charge in [-0.05, 0) is 36.8 Å². The van der Waals surface area contributed by atoms with Crippen LogP contribution in [0.25, 0.3) is 0 Å². The molecule has 0 saturated carbocycles. The minimum atomic E-state index is 0.513. The smallest absolute Gasteiger partial charge is 0.122 e. The molecule has 0 fully saturated rings. The Hall–Kier alpha value is -0.690. The van der Waals surface area contributed by atoms with Crippen molar-refractivity contribution >= 4 is 11.6 Å². The average molecular weight is 241 g/mol. The molecule has 1 aromatic carbocycles. The molecule has 0 N–H and O–H groups in total. The minimum absolute atomic E-state index is 0.513. The molecule has 2 heteroatoms. The largest absolute Gasteiger partial charge is 0.493 e. The van der Waals surface area contributed by atoms with Crippen molar-refractivity contribution in [3.05, 3.63) is 29.8 Å². The van der Waals surface area contributed by atoms with Gasteiger partial charge in [-0.3, -0.25) is 0 Å². The van der Waals surface area contributed by atoms with Crippen LogP contribution in [-0.4, -0.2) is 12.5 Å². The lowest BCUT2D eigenvalue weighted by Gasteiger charge is -2.13. The molecule has 0 unspecified atom stereocenters. The molecule has 0 aliphatic carbocycles. The van der Waals surface area contributed by atoms with Crippen LogP contribution in [0.5, 0.6) is 5.75 Å². The summed E-state index contributed by atoms with van der Waals surface area (Å²) in [5.41, 5.74) is 1.29. The van der Waals surface area contributed by atoms with Crippen molar-refractivity contribution in [2.45, 2.75) is 39.0 Å². The molecule has 0 aliphatic heterocycles. The summed E-state index contributed by atoms with van der Waals surface area (Å²) in [6, 6.07) is 8.28. The summed E-state index contributed by atoms with van der Waals surface area (Å²) < 4.78 is 5.80. The zero-order valence-corrected chi connectivity index (χ0v) is 11.0. The van der Waals surface area contributed by atoms with Crippen LogP contribution in [0.2, 0.25) is 0 Å². The van der Waals surface area contributed by atoms with Crippen LogP contribution >= 0.6 is 11.6 Å². The van der Waals surface area contributed by atoms with E-state index in [1.54, 1.807) is 0 Å². The van der Waals surface area contributed by atoms with Crippen LogP contribution in [-0.2, 0) is 0 Å². The van der Waals surface area contributed by atoms with E-state index in [0.29, 0.717) is 5.92 Å². The Kier molecular flexibility index (Phi) is 6.32. The number of halogens is 1. The number of rotatable bonds is 7. The first-order chi connectivity index (χ1) is 7.75. The van der Waals surface area contributed by atoms with Gasteiger partial charge in [0, 0.05) is 5.88 Å². The molecule has 1 nitrogen and oxygen atoms in total. The fraction of sp³-hybridized carbons (Fsp3) is 0.571. The van der Waals surface area contributed by atoms with E-state index in [0.717, 1.165) is 37.5 Å². The molecule has 0 saturated heterocycles. The van der Waals surface area contributed by atoms with Gasteiger partial charge in [0.1, 0.15) is 5.75 Å². The van der Waals surface area contributed by atoms with Crippen LogP contribution in [0, 0.1) is 0 Å². The fourth-order valence-electron chi connectivity index (χ4n) is 1.64. The number of unbranched alkanes of at least 4 members (excludes halogenated alkanes) is 2. The number of hydrogen-bond donors (Lipinski definition) is 0. The molecule has 1 aromatic rings. The zero-order chi connectivity index (χ0) is 11.8. The highest BCUT2D eigenvalue weighted by atomic mass is 35.5. The molecule has 0 aliphatic rings. The van der Waals surface area contributed by atoms with Crippen molar-refractivity contribution in [3.63, 3.8) is 0 Å². The Morgan fingerprint density at radius 2 is 1.88 bits per heavy atom. The Balaban J connectivity index is 2.41. The molecule has 0 heterocycles. The lowest BCUT2D eigenvalue weighted by molar-refractivity contribution is 0.302. The van der Waals surface area contributed by atoms with E-state index in [2.05, 4.69) is 32.0 Å². The molecule has 0 bridgehead atoms. The van der Waals surface area contributed by atoms with E-state index in [9.17, 15) is 0 Å². The second-order valence-electron chi connectivity index (χ2n) is 4.29. The van der Waals surface area contributed by atoms with Crippen LogP contribution in [0.3, 0.4) is 0 Å². The third-order valence-corrected chi connectivity index (χ3v) is 2.84. The Labute approximate surface area is 104 Å². The predicted molar refractivity (Wildman–Crippen MR) is 70.6 cm³/mol. The maximum atomic E-state index is 5.80. The van der Waals surface area contributed by atoms with E-state index in [1.807, 2.05) is 6.07 Å². The Morgan fingerprint density at radius 3 is 2.56 bits per heavy atom. The first-order valence-corrected chi connectivity index (χ1v) is 6.57. The molecular weight excluding hydrogens is 220 g/mol. The molecule has 0 aromatic heterocycles. The van der Waals surface area contributed by atoms with Gasteiger partial charge in [0.2, 0.25) is 0 Å². The second-order valence-corrected chi connectivity index (χ2v) is 4.67. The van der Waals surface area contributed by atoms with Crippen molar-refractivity contribution in [1.82, 2.24) is 0 Å². The quantitative estimate of drug-likeness (QED) is 0.500. The van der Waals surface area contributed by atoms with E-state index >= 15 is 0 Å². The third kappa shape index (κ3) is 4.44. The topological polar surface area (TPSA) is 9.23 Å². The summed E-state index contributed by atoms with van der Waals surface area (Å²) in [6.07, 6.45) is 3.31. The SMILES string of the molecule is CC(C)c1ccccc1OCCCCCCl. The molecule has 16 heavy (non-hydrogen) atoms. The average Bonchev–Trinajstić information content (AvgIpc) is 2.29. The van der Waals surface area contributed by atoms with E-state index in [-0.39, 0.29) is 0 Å². The minimum Gasteiger partial charge on any atom is -0.493 e. The number of ether oxygens (including phenoxy) is 1. The molecule has 1 rings (SSSR count). The van der Waals surface area contributed by atoms with Crippen LogP contribution in [0.1, 0.15) is 44.6 Å². The van der Waals surface area contributed by atoms with Gasteiger partial charge in [-0.1, -0.05) is 32.0 Å². The summed E-state index contributed by atoms with van der Waals surface area (Å²) in [5, 5.41) is 0. The van der Waals surface area contributed by atoms with Gasteiger partial charge in [-0.15, -0.1) is 11.6 Å². The Bertz CT molecular complexity index is 297. The van der Waals surface area contributed by atoms with Crippen LogP contribution in [0.4, 0.5) is 0 Å². The van der Waals surface area contributed by atoms with Gasteiger partial charge in [0.05, 0.1) is 6.61 Å². The number of alkyl halides is 1. The molecule has 0 amide bonds. The first-order valence-electron chi connectivity index (χ1n) is 6.03. The highest BCUT2D eigenvalue weighted by Crippen LogP contribution is 2.25. The van der Waals surface area contributed by atoms with Crippen LogP contribution in [0.15, 0.2) is 24.3 Å². The molecule has 0 spiro atoms. The van der Waals surface area contributed by atoms with Gasteiger partial charge in [0.25, 0.3) is 0 Å². The lowest BCUT2D eigenvalue weighted by atomic mass is 10.0. The predicted octanol–water partition coefficient (Wildman–Crippen LogP) is 4.60. The molecular formula is C14H21ClO. The van der Waals surface area contributed by atoms with Gasteiger partial charge >= 0.3 is 0 Å². The maximum Gasteiger partial charge on any atom is 0.122 e. The standard InChI is InChI=1S/C14H21ClO/c1-12(2)13-8-4-5-9-14(13)16-11-7-3-6-10-15/h4-5,8-9,12H,3,6-7,10-11H2,1-2H3. The van der Waals surface area contributed by atoms with E-state index in [1.165, 1.54) is 5.56 Å². The number of benzene rings is 1. The summed E-state index contributed by atoms with van der Waals surface area (Å²) in [6.45, 7) is 5.17. The van der Waals surface area contributed by atoms with Gasteiger partial charge in [-0.2, -0.15) is 0 Å². The van der Waals surface area contributed by atoms with Crippen molar-refractivity contribution in [3.8, 4) is 5.75 Å². The van der Waals surface area contributed by atoms with Crippen LogP contribution < -0.4 is 4.74 Å². The molecule has 90 valence electrons. The van der Waals surface area contributed by atoms with Crippen molar-refractivity contribution in [2.24, 2.45) is 0 Å². The maximum absolute atomic E-state index is 5.80. The highest BCUT2D eigenvalue weighted by Gasteiger charge is 2.05. The number of hydrogen-bond acceptors (Lipinski definition) is 1. The number of para-hydroxylation sites is 1. The first kappa shape index (κ1) is 13.4. The summed E-state index contributed by atoms with van der Waals surface area (Å²) >= 11 is 5.62. The third-order valence-electron chi connectivity index (χ3n) is 2.58. The van der Waals surface area contributed by atoms with Gasteiger partial charge in [0.15, 0.2) is 0 Å². The normalized spacial score (nSPS) is 10.8. The van der Waals surface area contributed by atoms with Crippen molar-refractivity contribution in [1.29, 1.82) is 0 Å². The fourth-order valence-corrected chi connectivity index (χ4v) is 1.83. The highest BCUT2D eigenvalue weighted by molar-refractivity contribution is 6.17. The lowest BCUT2D eigenvalue weighted by Crippen LogP contribution is -2.01. The monoisotopic (exact) mass is 240 g/mol. The van der Waals surface area contributed by atoms with E-state index < -0.39 is 0 Å². The Morgan fingerprint density at radius 1 is 1.12 bits per heavy atom. The van der Waals surface area contributed by atoms with Crippen molar-refractivity contribution in [2.75, 3.05) is 12.5 Å². The zero-order valence-electron chi connectivity index (χ0n) is 10.2.